The molecule has 1 heterocycles. The van der Waals surface area contributed by atoms with E-state index in [1.165, 1.54) is 12.1 Å². The van der Waals surface area contributed by atoms with Crippen molar-refractivity contribution in [3.8, 4) is 11.4 Å². The number of carbonyl (C=O) groups is 1. The lowest BCUT2D eigenvalue weighted by molar-refractivity contribution is -0.145. The standard InChI is InChI=1S/C22H23F3N2O3/c1-12(2)11-30-19-10-15(6-7-16(19)13(3)4)27-18-8-5-14(20(28)29)9-17(18)26-21(27)22(23,24)25/h5-10,12-13H,11H2,1-4H3,(H,28,29). The van der Waals surface area contributed by atoms with E-state index in [2.05, 4.69) is 4.98 Å². The van der Waals surface area contributed by atoms with Crippen molar-refractivity contribution in [3.05, 3.63) is 53.3 Å². The van der Waals surface area contributed by atoms with Crippen LogP contribution in [-0.2, 0) is 6.18 Å². The van der Waals surface area contributed by atoms with Crippen molar-refractivity contribution in [1.82, 2.24) is 9.55 Å². The second-order valence-corrected chi connectivity index (χ2v) is 7.86. The number of fused-ring (bicyclic) bond motifs is 1. The molecule has 0 fully saturated rings. The van der Waals surface area contributed by atoms with E-state index in [4.69, 9.17) is 9.84 Å². The molecule has 0 aliphatic heterocycles. The number of halogens is 3. The Labute approximate surface area is 172 Å². The van der Waals surface area contributed by atoms with Gasteiger partial charge in [-0.1, -0.05) is 33.8 Å². The maximum atomic E-state index is 13.8. The minimum Gasteiger partial charge on any atom is -0.493 e. The lowest BCUT2D eigenvalue weighted by Gasteiger charge is -2.18. The number of carboxylic acid groups (broad SMARTS) is 1. The number of nitrogens with zero attached hydrogens (tertiary/aromatic N) is 2. The number of ether oxygens (including phenoxy) is 1. The Bertz CT molecular complexity index is 1090. The van der Waals surface area contributed by atoms with Crippen LogP contribution in [0.1, 0.15) is 55.4 Å². The zero-order valence-corrected chi connectivity index (χ0v) is 17.1. The molecule has 30 heavy (non-hydrogen) atoms. The van der Waals surface area contributed by atoms with Crippen molar-refractivity contribution in [3.63, 3.8) is 0 Å². The van der Waals surface area contributed by atoms with Crippen molar-refractivity contribution in [2.24, 2.45) is 5.92 Å². The third-order valence-corrected chi connectivity index (χ3v) is 4.60. The average Bonchev–Trinajstić information content (AvgIpc) is 3.05. The maximum absolute atomic E-state index is 13.8. The third kappa shape index (κ3) is 4.27. The van der Waals surface area contributed by atoms with E-state index in [0.717, 1.165) is 16.2 Å². The van der Waals surface area contributed by atoms with Crippen molar-refractivity contribution in [2.75, 3.05) is 6.61 Å². The SMILES string of the molecule is CC(C)COc1cc(-n2c(C(F)(F)F)nc3cc(C(=O)O)ccc32)ccc1C(C)C. The molecule has 8 heteroatoms. The van der Waals surface area contributed by atoms with E-state index in [1.807, 2.05) is 27.7 Å². The van der Waals surface area contributed by atoms with Crippen molar-refractivity contribution in [1.29, 1.82) is 0 Å². The Balaban J connectivity index is 2.24. The van der Waals surface area contributed by atoms with Gasteiger partial charge in [-0.2, -0.15) is 13.2 Å². The van der Waals surface area contributed by atoms with Gasteiger partial charge in [-0.05, 0) is 41.7 Å². The van der Waals surface area contributed by atoms with Gasteiger partial charge < -0.3 is 9.84 Å². The predicted molar refractivity (Wildman–Crippen MR) is 107 cm³/mol. The molecule has 1 N–H and O–H groups in total. The summed E-state index contributed by atoms with van der Waals surface area (Å²) in [5.74, 6) is -1.45. The van der Waals surface area contributed by atoms with E-state index in [0.29, 0.717) is 12.4 Å². The molecular formula is C22H23F3N2O3. The molecular weight excluding hydrogens is 397 g/mol. The molecule has 0 saturated carbocycles. The van der Waals surface area contributed by atoms with Crippen LogP contribution in [0.3, 0.4) is 0 Å². The monoisotopic (exact) mass is 420 g/mol. The quantitative estimate of drug-likeness (QED) is 0.539. The second kappa shape index (κ2) is 8.01. The Morgan fingerprint density at radius 2 is 1.83 bits per heavy atom. The maximum Gasteiger partial charge on any atom is 0.450 e. The van der Waals surface area contributed by atoms with Crippen LogP contribution in [0.25, 0.3) is 16.7 Å². The number of hydrogen-bond donors (Lipinski definition) is 1. The lowest BCUT2D eigenvalue weighted by Crippen LogP contribution is -2.14. The molecule has 0 atom stereocenters. The molecule has 0 bridgehead atoms. The molecule has 0 saturated heterocycles. The summed E-state index contributed by atoms with van der Waals surface area (Å²) < 4.78 is 48.2. The fourth-order valence-electron chi connectivity index (χ4n) is 3.19. The van der Waals surface area contributed by atoms with E-state index >= 15 is 0 Å². The summed E-state index contributed by atoms with van der Waals surface area (Å²) in [6.07, 6.45) is -4.72. The molecule has 160 valence electrons. The smallest absolute Gasteiger partial charge is 0.450 e. The molecule has 0 aliphatic carbocycles. The van der Waals surface area contributed by atoms with E-state index in [-0.39, 0.29) is 34.1 Å². The first-order chi connectivity index (χ1) is 14.0. The summed E-state index contributed by atoms with van der Waals surface area (Å²) >= 11 is 0. The summed E-state index contributed by atoms with van der Waals surface area (Å²) in [6.45, 7) is 8.38. The van der Waals surface area contributed by atoms with Gasteiger partial charge in [-0.15, -0.1) is 0 Å². The Morgan fingerprint density at radius 3 is 2.40 bits per heavy atom. The first kappa shape index (κ1) is 21.7. The Kier molecular flexibility index (Phi) is 5.78. The number of carboxylic acids is 1. The summed E-state index contributed by atoms with van der Waals surface area (Å²) in [4.78, 5) is 14.9. The van der Waals surface area contributed by atoms with Crippen LogP contribution in [0.15, 0.2) is 36.4 Å². The number of alkyl halides is 3. The number of aromatic carboxylic acids is 1. The Hall–Kier alpha value is -3.03. The highest BCUT2D eigenvalue weighted by molar-refractivity contribution is 5.93. The van der Waals surface area contributed by atoms with Gasteiger partial charge in [0, 0.05) is 6.07 Å². The highest BCUT2D eigenvalue weighted by Gasteiger charge is 2.38. The van der Waals surface area contributed by atoms with E-state index in [1.54, 1.807) is 18.2 Å². The van der Waals surface area contributed by atoms with Gasteiger partial charge in [0.2, 0.25) is 5.82 Å². The Morgan fingerprint density at radius 1 is 1.13 bits per heavy atom. The van der Waals surface area contributed by atoms with Crippen LogP contribution in [0.2, 0.25) is 0 Å². The molecule has 0 unspecified atom stereocenters. The molecule has 3 aromatic rings. The topological polar surface area (TPSA) is 64.4 Å². The van der Waals surface area contributed by atoms with Gasteiger partial charge in [0.15, 0.2) is 0 Å². The molecule has 3 rings (SSSR count). The lowest BCUT2D eigenvalue weighted by atomic mass is 10.0. The van der Waals surface area contributed by atoms with E-state index < -0.39 is 18.0 Å². The molecule has 1 aromatic heterocycles. The number of hydrogen-bond acceptors (Lipinski definition) is 3. The van der Waals surface area contributed by atoms with Crippen LogP contribution >= 0.6 is 0 Å². The largest absolute Gasteiger partial charge is 0.493 e. The molecule has 0 spiro atoms. The summed E-state index contributed by atoms with van der Waals surface area (Å²) in [7, 11) is 0. The zero-order valence-electron chi connectivity index (χ0n) is 17.1. The average molecular weight is 420 g/mol. The third-order valence-electron chi connectivity index (χ3n) is 4.60. The summed E-state index contributed by atoms with van der Waals surface area (Å²) in [5.41, 5.74) is 1.14. The molecule has 0 amide bonds. The first-order valence-electron chi connectivity index (χ1n) is 9.59. The van der Waals surface area contributed by atoms with Gasteiger partial charge in [0.05, 0.1) is 28.9 Å². The van der Waals surface area contributed by atoms with Crippen molar-refractivity contribution >= 4 is 17.0 Å². The normalized spacial score (nSPS) is 12.2. The van der Waals surface area contributed by atoms with Crippen LogP contribution in [0.5, 0.6) is 5.75 Å². The van der Waals surface area contributed by atoms with Crippen molar-refractivity contribution in [2.45, 2.75) is 39.8 Å². The minimum absolute atomic E-state index is 0.0418. The number of rotatable bonds is 6. The zero-order chi connectivity index (χ0) is 22.2. The van der Waals surface area contributed by atoms with Gasteiger partial charge in [0.25, 0.3) is 0 Å². The van der Waals surface area contributed by atoms with Crippen LogP contribution in [0.4, 0.5) is 13.2 Å². The highest BCUT2D eigenvalue weighted by Crippen LogP contribution is 2.36. The molecule has 5 nitrogen and oxygen atoms in total. The molecule has 0 aliphatic rings. The van der Waals surface area contributed by atoms with Gasteiger partial charge in [0.1, 0.15) is 5.75 Å². The first-order valence-corrected chi connectivity index (χ1v) is 9.59. The predicted octanol–water partition coefficient (Wildman–Crippen LogP) is 5.90. The summed E-state index contributed by atoms with van der Waals surface area (Å²) in [5, 5.41) is 9.15. The van der Waals surface area contributed by atoms with Crippen LogP contribution < -0.4 is 4.74 Å². The summed E-state index contributed by atoms with van der Waals surface area (Å²) in [6, 6.07) is 8.68. The number of aromatic nitrogens is 2. The molecule has 0 radical (unpaired) electrons. The van der Waals surface area contributed by atoms with Crippen LogP contribution in [-0.4, -0.2) is 27.2 Å². The number of imidazole rings is 1. The van der Waals surface area contributed by atoms with Crippen molar-refractivity contribution < 1.29 is 27.8 Å². The van der Waals surface area contributed by atoms with Gasteiger partial charge in [-0.3, -0.25) is 4.57 Å². The fraction of sp³-hybridized carbons (Fsp3) is 0.364. The highest BCUT2D eigenvalue weighted by atomic mass is 19.4. The fourth-order valence-corrected chi connectivity index (χ4v) is 3.19. The van der Waals surface area contributed by atoms with Crippen LogP contribution in [0, 0.1) is 5.92 Å². The van der Waals surface area contributed by atoms with Gasteiger partial charge >= 0.3 is 12.1 Å². The number of benzene rings is 2. The second-order valence-electron chi connectivity index (χ2n) is 7.86. The molecule has 2 aromatic carbocycles. The van der Waals surface area contributed by atoms with E-state index in [9.17, 15) is 18.0 Å². The minimum atomic E-state index is -4.72. The van der Waals surface area contributed by atoms with Gasteiger partial charge in [-0.25, -0.2) is 9.78 Å².